The lowest BCUT2D eigenvalue weighted by atomic mass is 9.94. The van der Waals surface area contributed by atoms with E-state index in [4.69, 9.17) is 0 Å². The zero-order chi connectivity index (χ0) is 37.3. The molecule has 0 saturated heterocycles. The molecule has 264 valence electrons. The van der Waals surface area contributed by atoms with Gasteiger partial charge in [0.15, 0.2) is 0 Å². The Bertz CT molecular complexity index is 2890. The second kappa shape index (κ2) is 14.4. The summed E-state index contributed by atoms with van der Waals surface area (Å²) in [6.07, 6.45) is 0. The van der Waals surface area contributed by atoms with Crippen LogP contribution in [0.5, 0.6) is 0 Å². The number of hydrogen-bond donors (Lipinski definition) is 0. The maximum Gasteiger partial charge on any atom is 0.0541 e. The summed E-state index contributed by atoms with van der Waals surface area (Å²) < 4.78 is 2.39. The molecule has 10 rings (SSSR count). The van der Waals surface area contributed by atoms with Crippen molar-refractivity contribution in [3.8, 4) is 50.2 Å². The third-order valence-electron chi connectivity index (χ3n) is 10.8. The molecule has 1 heterocycles. The monoisotopic (exact) mass is 714 g/mol. The van der Waals surface area contributed by atoms with E-state index in [1.165, 1.54) is 60.8 Å². The first kappa shape index (κ1) is 33.2. The summed E-state index contributed by atoms with van der Waals surface area (Å²) in [5.74, 6) is 0. The van der Waals surface area contributed by atoms with E-state index < -0.39 is 0 Å². The second-order valence-electron chi connectivity index (χ2n) is 14.2. The van der Waals surface area contributed by atoms with Gasteiger partial charge in [-0.2, -0.15) is 0 Å². The highest BCUT2D eigenvalue weighted by Gasteiger charge is 2.17. The quantitative estimate of drug-likeness (QED) is 0.152. The number of para-hydroxylation sites is 2. The number of aromatic nitrogens is 1. The van der Waals surface area contributed by atoms with Crippen LogP contribution in [0.15, 0.2) is 231 Å². The average Bonchev–Trinajstić information content (AvgIpc) is 3.62. The van der Waals surface area contributed by atoms with Crippen LogP contribution in [0.1, 0.15) is 0 Å². The Morgan fingerprint density at radius 3 is 1.30 bits per heavy atom. The van der Waals surface area contributed by atoms with Crippen molar-refractivity contribution in [2.24, 2.45) is 0 Å². The highest BCUT2D eigenvalue weighted by molar-refractivity contribution is 6.09. The van der Waals surface area contributed by atoms with Crippen LogP contribution >= 0.6 is 0 Å². The van der Waals surface area contributed by atoms with Gasteiger partial charge in [-0.1, -0.05) is 170 Å². The summed E-state index contributed by atoms with van der Waals surface area (Å²) in [5, 5.41) is 2.53. The molecule has 0 aliphatic rings. The molecule has 0 unspecified atom stereocenters. The van der Waals surface area contributed by atoms with Crippen molar-refractivity contribution in [1.82, 2.24) is 4.57 Å². The Hall–Kier alpha value is -7.42. The van der Waals surface area contributed by atoms with Crippen molar-refractivity contribution < 1.29 is 0 Å². The molecule has 9 aromatic carbocycles. The van der Waals surface area contributed by atoms with E-state index in [2.05, 4.69) is 240 Å². The molecule has 1 aromatic heterocycles. The van der Waals surface area contributed by atoms with Crippen LogP contribution in [-0.2, 0) is 0 Å². The predicted molar refractivity (Wildman–Crippen MR) is 237 cm³/mol. The Kier molecular flexibility index (Phi) is 8.55. The van der Waals surface area contributed by atoms with Gasteiger partial charge < -0.3 is 9.47 Å². The van der Waals surface area contributed by atoms with Crippen molar-refractivity contribution in [2.45, 2.75) is 0 Å². The van der Waals surface area contributed by atoms with E-state index in [1.807, 2.05) is 0 Å². The first-order valence-electron chi connectivity index (χ1n) is 19.2. The molecule has 0 fully saturated rings. The summed E-state index contributed by atoms with van der Waals surface area (Å²) >= 11 is 0. The van der Waals surface area contributed by atoms with Gasteiger partial charge in [-0.3, -0.25) is 0 Å². The van der Waals surface area contributed by atoms with E-state index in [0.29, 0.717) is 0 Å². The first-order chi connectivity index (χ1) is 27.8. The van der Waals surface area contributed by atoms with Crippen LogP contribution < -0.4 is 4.90 Å². The van der Waals surface area contributed by atoms with Crippen LogP contribution in [0.3, 0.4) is 0 Å². The van der Waals surface area contributed by atoms with Gasteiger partial charge in [-0.05, 0) is 105 Å². The van der Waals surface area contributed by atoms with Crippen molar-refractivity contribution in [2.75, 3.05) is 4.90 Å². The number of hydrogen-bond acceptors (Lipinski definition) is 1. The molecular formula is C54H38N2. The number of fused-ring (bicyclic) bond motifs is 3. The van der Waals surface area contributed by atoms with Crippen LogP contribution in [0.25, 0.3) is 72.0 Å². The van der Waals surface area contributed by atoms with Gasteiger partial charge in [0.25, 0.3) is 0 Å². The van der Waals surface area contributed by atoms with Crippen molar-refractivity contribution in [1.29, 1.82) is 0 Å². The summed E-state index contributed by atoms with van der Waals surface area (Å²) in [6.45, 7) is 0. The summed E-state index contributed by atoms with van der Waals surface area (Å²) in [6, 6.07) is 83.0. The summed E-state index contributed by atoms with van der Waals surface area (Å²) in [7, 11) is 0. The minimum atomic E-state index is 1.09. The van der Waals surface area contributed by atoms with Gasteiger partial charge in [0.05, 0.1) is 11.0 Å². The molecule has 2 nitrogen and oxygen atoms in total. The smallest absolute Gasteiger partial charge is 0.0541 e. The molecule has 0 N–H and O–H groups in total. The summed E-state index contributed by atoms with van der Waals surface area (Å²) in [4.78, 5) is 2.36. The number of rotatable bonds is 8. The average molecular weight is 715 g/mol. The van der Waals surface area contributed by atoms with Gasteiger partial charge in [0.1, 0.15) is 0 Å². The van der Waals surface area contributed by atoms with Gasteiger partial charge in [0, 0.05) is 33.5 Å². The fourth-order valence-electron chi connectivity index (χ4n) is 8.12. The fraction of sp³-hybridized carbons (Fsp3) is 0. The fourth-order valence-corrected chi connectivity index (χ4v) is 8.12. The molecule has 2 heteroatoms. The predicted octanol–water partition coefficient (Wildman–Crippen LogP) is 14.9. The minimum Gasteiger partial charge on any atom is -0.310 e. The normalized spacial score (nSPS) is 11.2. The zero-order valence-electron chi connectivity index (χ0n) is 30.8. The van der Waals surface area contributed by atoms with Crippen LogP contribution in [0, 0.1) is 0 Å². The second-order valence-corrected chi connectivity index (χ2v) is 14.2. The molecule has 0 radical (unpaired) electrons. The maximum atomic E-state index is 2.39. The lowest BCUT2D eigenvalue weighted by Crippen LogP contribution is -2.10. The lowest BCUT2D eigenvalue weighted by Gasteiger charge is -2.26. The van der Waals surface area contributed by atoms with Crippen LogP contribution in [0.4, 0.5) is 17.1 Å². The molecule has 0 saturated carbocycles. The van der Waals surface area contributed by atoms with Crippen molar-refractivity contribution >= 4 is 38.9 Å². The van der Waals surface area contributed by atoms with Gasteiger partial charge in [-0.15, -0.1) is 0 Å². The lowest BCUT2D eigenvalue weighted by molar-refractivity contribution is 1.18. The molecule has 0 aliphatic carbocycles. The minimum absolute atomic E-state index is 1.09. The number of benzene rings is 9. The van der Waals surface area contributed by atoms with E-state index >= 15 is 0 Å². The first-order valence-corrected chi connectivity index (χ1v) is 19.2. The molecule has 0 bridgehead atoms. The van der Waals surface area contributed by atoms with E-state index in [0.717, 1.165) is 28.3 Å². The van der Waals surface area contributed by atoms with Crippen LogP contribution in [0.2, 0.25) is 0 Å². The third-order valence-corrected chi connectivity index (χ3v) is 10.8. The molecule has 0 atom stereocenters. The highest BCUT2D eigenvalue weighted by Crippen LogP contribution is 2.40. The van der Waals surface area contributed by atoms with Crippen LogP contribution in [-0.4, -0.2) is 4.57 Å². The molecule has 0 aliphatic heterocycles. The Morgan fingerprint density at radius 2 is 0.696 bits per heavy atom. The molecule has 56 heavy (non-hydrogen) atoms. The Morgan fingerprint density at radius 1 is 0.268 bits per heavy atom. The number of nitrogens with zero attached hydrogens (tertiary/aromatic N) is 2. The summed E-state index contributed by atoms with van der Waals surface area (Å²) in [5.41, 5.74) is 16.4. The van der Waals surface area contributed by atoms with E-state index in [1.54, 1.807) is 0 Å². The van der Waals surface area contributed by atoms with Gasteiger partial charge in [0.2, 0.25) is 0 Å². The van der Waals surface area contributed by atoms with Crippen molar-refractivity contribution in [3.05, 3.63) is 231 Å². The Balaban J connectivity index is 1.06. The van der Waals surface area contributed by atoms with Gasteiger partial charge >= 0.3 is 0 Å². The van der Waals surface area contributed by atoms with Crippen molar-refractivity contribution in [3.63, 3.8) is 0 Å². The molecule has 10 aromatic rings. The highest BCUT2D eigenvalue weighted by atomic mass is 15.1. The standard InChI is InChI=1S/C54H38N2/c1-3-15-39(16-4-1)40-29-33-45(34-30-40)55(46-35-31-42(32-36-46)50-24-8-7-23-49(50)41-17-5-2-6-18-41)47-21-13-19-43(37-47)44-20-14-22-48(38-44)56-53-27-11-9-25-51(53)52-26-10-12-28-54(52)56/h1-38H. The molecular weight excluding hydrogens is 677 g/mol. The van der Waals surface area contributed by atoms with E-state index in [-0.39, 0.29) is 0 Å². The molecule has 0 amide bonds. The van der Waals surface area contributed by atoms with E-state index in [9.17, 15) is 0 Å². The zero-order valence-corrected chi connectivity index (χ0v) is 30.8. The maximum absolute atomic E-state index is 2.39. The topological polar surface area (TPSA) is 8.17 Å². The SMILES string of the molecule is c1ccc(-c2ccc(N(c3ccc(-c4ccccc4-c4ccccc4)cc3)c3cccc(-c4cccc(-n5c6ccccc6c6ccccc65)c4)c3)cc2)cc1. The molecule has 0 spiro atoms. The Labute approximate surface area is 327 Å². The number of anilines is 3. The largest absolute Gasteiger partial charge is 0.310 e. The van der Waals surface area contributed by atoms with Gasteiger partial charge in [-0.25, -0.2) is 0 Å². The third kappa shape index (κ3) is 6.14.